The molecule has 150 valence electrons. The molecular formula is C23H24N2O3S. The summed E-state index contributed by atoms with van der Waals surface area (Å²) in [5.41, 5.74) is 3.98. The van der Waals surface area contributed by atoms with Crippen molar-refractivity contribution in [2.45, 2.75) is 38.6 Å². The van der Waals surface area contributed by atoms with Crippen molar-refractivity contribution in [3.05, 3.63) is 64.2 Å². The van der Waals surface area contributed by atoms with Gasteiger partial charge in [0.2, 0.25) is 0 Å². The molecule has 0 saturated heterocycles. The van der Waals surface area contributed by atoms with Crippen LogP contribution in [0.5, 0.6) is 0 Å². The molecule has 1 atom stereocenters. The molecule has 6 heteroatoms. The molecule has 5 nitrogen and oxygen atoms in total. The first-order valence-corrected chi connectivity index (χ1v) is 10.7. The van der Waals surface area contributed by atoms with E-state index in [0.717, 1.165) is 34.5 Å². The molecule has 0 unspecified atom stereocenters. The lowest BCUT2D eigenvalue weighted by Gasteiger charge is -2.23. The zero-order chi connectivity index (χ0) is 20.4. The van der Waals surface area contributed by atoms with Gasteiger partial charge >= 0.3 is 5.97 Å². The van der Waals surface area contributed by atoms with Crippen LogP contribution in [0.25, 0.3) is 10.2 Å². The van der Waals surface area contributed by atoms with Crippen LogP contribution in [0.1, 0.15) is 52.3 Å². The van der Waals surface area contributed by atoms with Crippen LogP contribution in [-0.4, -0.2) is 35.4 Å². The Morgan fingerprint density at radius 2 is 1.90 bits per heavy atom. The molecule has 1 aliphatic rings. The van der Waals surface area contributed by atoms with Crippen LogP contribution >= 0.6 is 11.3 Å². The van der Waals surface area contributed by atoms with Gasteiger partial charge in [-0.1, -0.05) is 18.2 Å². The SMILES string of the molecule is C[C@H](c1nc2ccccc2s1)N(C)C(=O)COC(=O)c1ccc2c(c1)CCCC2. The van der Waals surface area contributed by atoms with E-state index in [1.54, 1.807) is 29.4 Å². The number of likely N-dealkylation sites (N-methyl/N-ethyl adjacent to an activating group) is 1. The Kier molecular flexibility index (Phi) is 5.62. The number of carbonyl (C=O) groups is 2. The number of para-hydroxylation sites is 1. The molecule has 0 spiro atoms. The summed E-state index contributed by atoms with van der Waals surface area (Å²) in [6.45, 7) is 1.66. The van der Waals surface area contributed by atoms with Crippen LogP contribution in [-0.2, 0) is 22.4 Å². The van der Waals surface area contributed by atoms with Crippen LogP contribution in [0.4, 0.5) is 0 Å². The summed E-state index contributed by atoms with van der Waals surface area (Å²) >= 11 is 1.57. The molecule has 29 heavy (non-hydrogen) atoms. The van der Waals surface area contributed by atoms with Gasteiger partial charge in [-0.15, -0.1) is 11.3 Å². The Labute approximate surface area is 174 Å². The summed E-state index contributed by atoms with van der Waals surface area (Å²) in [5.74, 6) is -0.698. The third-order valence-electron chi connectivity index (χ3n) is 5.55. The number of thiazole rings is 1. The fraction of sp³-hybridized carbons (Fsp3) is 0.348. The van der Waals surface area contributed by atoms with Gasteiger partial charge in [-0.05, 0) is 68.0 Å². The van der Waals surface area contributed by atoms with E-state index in [0.29, 0.717) is 5.56 Å². The fourth-order valence-corrected chi connectivity index (χ4v) is 4.69. The summed E-state index contributed by atoms with van der Waals surface area (Å²) in [6, 6.07) is 13.4. The second-order valence-electron chi connectivity index (χ2n) is 7.47. The van der Waals surface area contributed by atoms with Gasteiger partial charge in [0.25, 0.3) is 5.91 Å². The summed E-state index contributed by atoms with van der Waals surface area (Å²) in [4.78, 5) is 31.2. The summed E-state index contributed by atoms with van der Waals surface area (Å²) in [6.07, 6.45) is 4.41. The molecule has 3 aromatic rings. The number of aryl methyl sites for hydroxylation is 2. The van der Waals surface area contributed by atoms with Gasteiger partial charge in [-0.25, -0.2) is 9.78 Å². The number of fused-ring (bicyclic) bond motifs is 2. The zero-order valence-electron chi connectivity index (χ0n) is 16.7. The van der Waals surface area contributed by atoms with Crippen LogP contribution in [0, 0.1) is 0 Å². The molecule has 0 aliphatic heterocycles. The molecule has 1 aliphatic carbocycles. The molecule has 2 aromatic carbocycles. The lowest BCUT2D eigenvalue weighted by molar-refractivity contribution is -0.135. The molecule has 1 aromatic heterocycles. The molecule has 4 rings (SSSR count). The van der Waals surface area contributed by atoms with E-state index in [9.17, 15) is 9.59 Å². The maximum Gasteiger partial charge on any atom is 0.338 e. The topological polar surface area (TPSA) is 59.5 Å². The number of amides is 1. The Morgan fingerprint density at radius 1 is 1.14 bits per heavy atom. The van der Waals surface area contributed by atoms with Gasteiger partial charge in [0.05, 0.1) is 21.8 Å². The number of hydrogen-bond acceptors (Lipinski definition) is 5. The minimum Gasteiger partial charge on any atom is -0.452 e. The number of carbonyl (C=O) groups excluding carboxylic acids is 2. The molecule has 0 bridgehead atoms. The third kappa shape index (κ3) is 4.17. The van der Waals surface area contributed by atoms with Crippen molar-refractivity contribution < 1.29 is 14.3 Å². The van der Waals surface area contributed by atoms with Crippen molar-refractivity contribution in [2.75, 3.05) is 13.7 Å². The van der Waals surface area contributed by atoms with E-state index in [1.807, 2.05) is 43.3 Å². The number of hydrogen-bond donors (Lipinski definition) is 0. The van der Waals surface area contributed by atoms with Gasteiger partial charge in [0.1, 0.15) is 5.01 Å². The van der Waals surface area contributed by atoms with Gasteiger partial charge in [0.15, 0.2) is 6.61 Å². The highest BCUT2D eigenvalue weighted by Crippen LogP contribution is 2.29. The summed E-state index contributed by atoms with van der Waals surface area (Å²) in [5, 5.41) is 0.864. The van der Waals surface area contributed by atoms with Crippen LogP contribution in [0.2, 0.25) is 0 Å². The van der Waals surface area contributed by atoms with E-state index in [-0.39, 0.29) is 18.6 Å². The van der Waals surface area contributed by atoms with Crippen molar-refractivity contribution in [1.82, 2.24) is 9.88 Å². The van der Waals surface area contributed by atoms with Gasteiger partial charge in [-0.2, -0.15) is 0 Å². The Bertz CT molecular complexity index is 1030. The number of aromatic nitrogens is 1. The normalized spacial score (nSPS) is 14.3. The Balaban J connectivity index is 1.37. The average Bonchev–Trinajstić information content (AvgIpc) is 3.20. The minimum atomic E-state index is -0.451. The van der Waals surface area contributed by atoms with E-state index < -0.39 is 5.97 Å². The largest absolute Gasteiger partial charge is 0.452 e. The highest BCUT2D eigenvalue weighted by molar-refractivity contribution is 7.18. The van der Waals surface area contributed by atoms with Crippen molar-refractivity contribution in [3.8, 4) is 0 Å². The minimum absolute atomic E-state index is 0.192. The van der Waals surface area contributed by atoms with Crippen LogP contribution in [0.3, 0.4) is 0 Å². The molecule has 1 heterocycles. The maximum absolute atomic E-state index is 12.6. The van der Waals surface area contributed by atoms with Crippen LogP contribution < -0.4 is 0 Å². The Hall–Kier alpha value is -2.73. The highest BCUT2D eigenvalue weighted by atomic mass is 32.1. The predicted molar refractivity (Wildman–Crippen MR) is 114 cm³/mol. The van der Waals surface area contributed by atoms with E-state index >= 15 is 0 Å². The van der Waals surface area contributed by atoms with E-state index in [2.05, 4.69) is 4.98 Å². The molecule has 0 radical (unpaired) electrons. The van der Waals surface area contributed by atoms with Gasteiger partial charge < -0.3 is 9.64 Å². The summed E-state index contributed by atoms with van der Waals surface area (Å²) < 4.78 is 6.39. The predicted octanol–water partition coefficient (Wildman–Crippen LogP) is 4.55. The Morgan fingerprint density at radius 3 is 2.69 bits per heavy atom. The summed E-state index contributed by atoms with van der Waals surface area (Å²) in [7, 11) is 1.71. The van der Waals surface area contributed by atoms with Crippen molar-refractivity contribution in [2.24, 2.45) is 0 Å². The van der Waals surface area contributed by atoms with Gasteiger partial charge in [0, 0.05) is 7.05 Å². The standard InChI is InChI=1S/C23H24N2O3S/c1-15(22-24-19-9-5-6-10-20(19)29-22)25(2)21(26)14-28-23(27)18-12-11-16-7-3-4-8-17(16)13-18/h5-6,9-13,15H,3-4,7-8,14H2,1-2H3/t15-/m1/s1. The third-order valence-corrected chi connectivity index (χ3v) is 6.76. The second kappa shape index (κ2) is 8.33. The van der Waals surface area contributed by atoms with Crippen molar-refractivity contribution >= 4 is 33.4 Å². The molecule has 0 N–H and O–H groups in total. The smallest absolute Gasteiger partial charge is 0.338 e. The van der Waals surface area contributed by atoms with Crippen molar-refractivity contribution in [3.63, 3.8) is 0 Å². The average molecular weight is 409 g/mol. The zero-order valence-corrected chi connectivity index (χ0v) is 17.5. The number of nitrogens with zero attached hydrogens (tertiary/aromatic N) is 2. The number of rotatable bonds is 5. The van der Waals surface area contributed by atoms with Gasteiger partial charge in [-0.3, -0.25) is 4.79 Å². The van der Waals surface area contributed by atoms with E-state index in [4.69, 9.17) is 4.74 Å². The maximum atomic E-state index is 12.6. The molecule has 0 saturated carbocycles. The molecular weight excluding hydrogens is 384 g/mol. The quantitative estimate of drug-likeness (QED) is 0.581. The monoisotopic (exact) mass is 408 g/mol. The lowest BCUT2D eigenvalue weighted by Crippen LogP contribution is -2.33. The lowest BCUT2D eigenvalue weighted by atomic mass is 9.90. The van der Waals surface area contributed by atoms with Crippen molar-refractivity contribution in [1.29, 1.82) is 0 Å². The molecule has 1 amide bonds. The second-order valence-corrected chi connectivity index (χ2v) is 8.53. The van der Waals surface area contributed by atoms with E-state index in [1.165, 1.54) is 17.5 Å². The first kappa shape index (κ1) is 19.6. The molecule has 0 fully saturated rings. The highest BCUT2D eigenvalue weighted by Gasteiger charge is 2.22. The van der Waals surface area contributed by atoms with Crippen LogP contribution in [0.15, 0.2) is 42.5 Å². The first-order chi connectivity index (χ1) is 14.0. The first-order valence-electron chi connectivity index (χ1n) is 9.93. The number of benzene rings is 2. The fourth-order valence-electron chi connectivity index (χ4n) is 3.62. The number of ether oxygens (including phenoxy) is 1. The number of esters is 1.